The number of halogens is 1. The van der Waals surface area contributed by atoms with Crippen LogP contribution in [-0.2, 0) is 4.79 Å². The molecule has 0 unspecified atom stereocenters. The number of nitrogens with one attached hydrogen (secondary N) is 1. The van der Waals surface area contributed by atoms with E-state index in [0.29, 0.717) is 12.3 Å². The first-order chi connectivity index (χ1) is 6.18. The molecule has 0 aromatic rings. The van der Waals surface area contributed by atoms with Gasteiger partial charge in [0, 0.05) is 6.42 Å². The van der Waals surface area contributed by atoms with Crippen LogP contribution in [0.5, 0.6) is 0 Å². The molecule has 0 aromatic carbocycles. The zero-order chi connectivity index (χ0) is 9.42. The van der Waals surface area contributed by atoms with Gasteiger partial charge in [0.1, 0.15) is 6.17 Å². The summed E-state index contributed by atoms with van der Waals surface area (Å²) in [7, 11) is 0. The van der Waals surface area contributed by atoms with Crippen LogP contribution in [-0.4, -0.2) is 24.2 Å². The summed E-state index contributed by atoms with van der Waals surface area (Å²) in [4.78, 5) is 11.4. The van der Waals surface area contributed by atoms with Crippen LogP contribution in [0.25, 0.3) is 0 Å². The van der Waals surface area contributed by atoms with E-state index in [-0.39, 0.29) is 11.9 Å². The molecule has 0 bridgehead atoms. The molecular formula is C9H15FN2O. The number of rotatable bonds is 3. The quantitative estimate of drug-likeness (QED) is 0.667. The summed E-state index contributed by atoms with van der Waals surface area (Å²) in [6.45, 7) is 0. The monoisotopic (exact) mass is 186 g/mol. The summed E-state index contributed by atoms with van der Waals surface area (Å²) in [6, 6.07) is -0.667. The Balaban J connectivity index is 1.75. The van der Waals surface area contributed by atoms with Crippen molar-refractivity contribution in [3.05, 3.63) is 0 Å². The first-order valence-corrected chi connectivity index (χ1v) is 4.88. The van der Waals surface area contributed by atoms with E-state index in [2.05, 4.69) is 5.32 Å². The minimum Gasteiger partial charge on any atom is -0.349 e. The predicted octanol–water partition coefficient (Wildman–Crippen LogP) is 0.340. The number of carbonyl (C=O) groups is 1. The van der Waals surface area contributed by atoms with E-state index < -0.39 is 12.2 Å². The summed E-state index contributed by atoms with van der Waals surface area (Å²) in [5.41, 5.74) is 5.71. The largest absolute Gasteiger partial charge is 0.349 e. The molecule has 0 heterocycles. The first kappa shape index (κ1) is 8.94. The van der Waals surface area contributed by atoms with Crippen LogP contribution in [0.15, 0.2) is 0 Å². The first-order valence-electron chi connectivity index (χ1n) is 4.88. The van der Waals surface area contributed by atoms with Gasteiger partial charge in [0.15, 0.2) is 0 Å². The molecule has 2 aliphatic carbocycles. The third kappa shape index (κ3) is 1.82. The zero-order valence-corrected chi connectivity index (χ0v) is 7.50. The summed E-state index contributed by atoms with van der Waals surface area (Å²) in [6.07, 6.45) is 2.87. The van der Waals surface area contributed by atoms with Crippen molar-refractivity contribution in [2.24, 2.45) is 11.7 Å². The fraction of sp³-hybridized carbons (Fsp3) is 0.889. The molecule has 4 heteroatoms. The van der Waals surface area contributed by atoms with Crippen molar-refractivity contribution in [3.63, 3.8) is 0 Å². The van der Waals surface area contributed by atoms with Crippen LogP contribution in [0, 0.1) is 5.92 Å². The van der Waals surface area contributed by atoms with Gasteiger partial charge in [-0.3, -0.25) is 4.79 Å². The Morgan fingerprint density at radius 2 is 2.15 bits per heavy atom. The molecule has 2 aliphatic rings. The molecule has 1 amide bonds. The molecule has 0 aromatic heterocycles. The molecule has 3 atom stereocenters. The number of carbonyl (C=O) groups excluding carboxylic acids is 1. The number of hydrogen-bond donors (Lipinski definition) is 2. The van der Waals surface area contributed by atoms with Crippen LogP contribution >= 0.6 is 0 Å². The maximum atomic E-state index is 12.4. The molecule has 3 nitrogen and oxygen atoms in total. The van der Waals surface area contributed by atoms with Gasteiger partial charge in [-0.1, -0.05) is 6.42 Å². The van der Waals surface area contributed by atoms with Gasteiger partial charge >= 0.3 is 0 Å². The minimum atomic E-state index is -0.836. The van der Waals surface area contributed by atoms with E-state index in [1.165, 1.54) is 6.42 Å². The third-order valence-corrected chi connectivity index (χ3v) is 3.00. The van der Waals surface area contributed by atoms with Crippen LogP contribution in [0.3, 0.4) is 0 Å². The van der Waals surface area contributed by atoms with Gasteiger partial charge < -0.3 is 11.1 Å². The molecule has 0 spiro atoms. The van der Waals surface area contributed by atoms with E-state index >= 15 is 0 Å². The summed E-state index contributed by atoms with van der Waals surface area (Å²) >= 11 is 0. The van der Waals surface area contributed by atoms with E-state index in [4.69, 9.17) is 5.73 Å². The number of hydrogen-bond acceptors (Lipinski definition) is 2. The average Bonchev–Trinajstić information content (AvgIpc) is 2.62. The van der Waals surface area contributed by atoms with E-state index in [0.717, 1.165) is 12.8 Å². The maximum Gasteiger partial charge on any atom is 0.237 e. The van der Waals surface area contributed by atoms with Gasteiger partial charge in [-0.15, -0.1) is 0 Å². The Morgan fingerprint density at radius 3 is 2.54 bits per heavy atom. The van der Waals surface area contributed by atoms with Gasteiger partial charge in [0.25, 0.3) is 0 Å². The molecule has 3 N–H and O–H groups in total. The topological polar surface area (TPSA) is 55.1 Å². The zero-order valence-electron chi connectivity index (χ0n) is 7.50. The third-order valence-electron chi connectivity index (χ3n) is 3.00. The maximum absolute atomic E-state index is 12.4. The van der Waals surface area contributed by atoms with Gasteiger partial charge in [-0.25, -0.2) is 4.39 Å². The van der Waals surface area contributed by atoms with E-state index in [1.807, 2.05) is 0 Å². The fourth-order valence-electron chi connectivity index (χ4n) is 1.61. The highest BCUT2D eigenvalue weighted by molar-refractivity contribution is 5.82. The average molecular weight is 186 g/mol. The van der Waals surface area contributed by atoms with Crippen LogP contribution in [0.4, 0.5) is 4.39 Å². The molecule has 2 fully saturated rings. The lowest BCUT2D eigenvalue weighted by atomic mass is 9.80. The lowest BCUT2D eigenvalue weighted by Gasteiger charge is -2.30. The molecule has 74 valence electrons. The standard InChI is InChI=1S/C9H15FN2O/c10-6-4-7(6)12-9(13)8(11)5-2-1-3-5/h5-8H,1-4,11H2,(H,12,13)/t6-,7+,8+/m0/s1. The number of amides is 1. The van der Waals surface area contributed by atoms with Gasteiger partial charge in [-0.2, -0.15) is 0 Å². The van der Waals surface area contributed by atoms with Crippen molar-refractivity contribution in [3.8, 4) is 0 Å². The molecular weight excluding hydrogens is 171 g/mol. The number of alkyl halides is 1. The van der Waals surface area contributed by atoms with Crippen molar-refractivity contribution >= 4 is 5.91 Å². The molecule has 2 saturated carbocycles. The summed E-state index contributed by atoms with van der Waals surface area (Å²) in [5.74, 6) is 0.159. The minimum absolute atomic E-state index is 0.171. The van der Waals surface area contributed by atoms with Crippen molar-refractivity contribution in [1.82, 2.24) is 5.32 Å². The Bertz CT molecular complexity index is 218. The van der Waals surface area contributed by atoms with Crippen LogP contribution < -0.4 is 11.1 Å². The van der Waals surface area contributed by atoms with Crippen LogP contribution in [0.2, 0.25) is 0 Å². The molecule has 2 rings (SSSR count). The normalized spacial score (nSPS) is 34.9. The van der Waals surface area contributed by atoms with Gasteiger partial charge in [0.2, 0.25) is 5.91 Å². The van der Waals surface area contributed by atoms with Crippen LogP contribution in [0.1, 0.15) is 25.7 Å². The SMILES string of the molecule is N[C@@H](C(=O)N[C@@H]1C[C@@H]1F)C1CCC1. The van der Waals surface area contributed by atoms with Gasteiger partial charge in [-0.05, 0) is 18.8 Å². The second-order valence-corrected chi connectivity index (χ2v) is 4.08. The predicted molar refractivity (Wildman–Crippen MR) is 46.8 cm³/mol. The highest BCUT2D eigenvalue weighted by Gasteiger charge is 2.40. The highest BCUT2D eigenvalue weighted by Crippen LogP contribution is 2.30. The van der Waals surface area contributed by atoms with E-state index in [9.17, 15) is 9.18 Å². The van der Waals surface area contributed by atoms with Crippen molar-refractivity contribution in [2.75, 3.05) is 0 Å². The highest BCUT2D eigenvalue weighted by atomic mass is 19.1. The Morgan fingerprint density at radius 1 is 1.54 bits per heavy atom. The lowest BCUT2D eigenvalue weighted by molar-refractivity contribution is -0.124. The number of nitrogens with two attached hydrogens (primary N) is 1. The van der Waals surface area contributed by atoms with Crippen molar-refractivity contribution in [1.29, 1.82) is 0 Å². The van der Waals surface area contributed by atoms with Crippen molar-refractivity contribution < 1.29 is 9.18 Å². The molecule has 0 radical (unpaired) electrons. The Kier molecular flexibility index (Phi) is 2.24. The Labute approximate surface area is 76.9 Å². The van der Waals surface area contributed by atoms with Gasteiger partial charge in [0.05, 0.1) is 12.1 Å². The summed E-state index contributed by atoms with van der Waals surface area (Å²) in [5, 5.41) is 2.61. The smallest absolute Gasteiger partial charge is 0.237 e. The molecule has 13 heavy (non-hydrogen) atoms. The molecule has 0 aliphatic heterocycles. The fourth-order valence-corrected chi connectivity index (χ4v) is 1.61. The van der Waals surface area contributed by atoms with E-state index in [1.54, 1.807) is 0 Å². The molecule has 0 saturated heterocycles. The second-order valence-electron chi connectivity index (χ2n) is 4.08. The summed E-state index contributed by atoms with van der Waals surface area (Å²) < 4.78 is 12.4. The second kappa shape index (κ2) is 3.25. The Hall–Kier alpha value is -0.640. The lowest BCUT2D eigenvalue weighted by Crippen LogP contribution is -2.48. The van der Waals surface area contributed by atoms with Crippen molar-refractivity contribution in [2.45, 2.75) is 43.9 Å².